The summed E-state index contributed by atoms with van der Waals surface area (Å²) in [6, 6.07) is 14.6. The van der Waals surface area contributed by atoms with Crippen molar-refractivity contribution in [2.75, 3.05) is 13.7 Å². The molecule has 1 saturated carbocycles. The van der Waals surface area contributed by atoms with Gasteiger partial charge in [-0.05, 0) is 58.2 Å². The number of halogens is 5. The third-order valence-electron chi connectivity index (χ3n) is 6.72. The number of ether oxygens (including phenoxy) is 2. The highest BCUT2D eigenvalue weighted by Gasteiger charge is 2.27. The predicted molar refractivity (Wildman–Crippen MR) is 156 cm³/mol. The Kier molecular flexibility index (Phi) is 14.6. The third-order valence-corrected chi connectivity index (χ3v) is 7.09. The van der Waals surface area contributed by atoms with Crippen molar-refractivity contribution in [1.29, 1.82) is 0 Å². The highest BCUT2D eigenvalue weighted by Crippen LogP contribution is 2.45. The van der Waals surface area contributed by atoms with Crippen LogP contribution in [-0.2, 0) is 11.2 Å². The van der Waals surface area contributed by atoms with Gasteiger partial charge in [0.25, 0.3) is 0 Å². The molecular formula is C31H37ClF4N2O4. The fourth-order valence-corrected chi connectivity index (χ4v) is 4.85. The molecule has 0 spiro atoms. The molecule has 3 aromatic rings. The Morgan fingerprint density at radius 1 is 1.07 bits per heavy atom. The molecule has 11 heteroatoms. The lowest BCUT2D eigenvalue weighted by molar-refractivity contribution is -0.106. The number of carbonyl (C=O) groups excluding carboxylic acids is 1. The Bertz CT molecular complexity index is 1270. The summed E-state index contributed by atoms with van der Waals surface area (Å²) in [5, 5.41) is 12.0. The lowest BCUT2D eigenvalue weighted by Gasteiger charge is -2.24. The van der Waals surface area contributed by atoms with Crippen LogP contribution in [0.2, 0.25) is 5.02 Å². The number of nitrogens with one attached hydrogen (secondary N) is 1. The summed E-state index contributed by atoms with van der Waals surface area (Å²) in [6.45, 7) is 0.807. The van der Waals surface area contributed by atoms with Gasteiger partial charge >= 0.3 is 6.61 Å². The number of nitrogens with two attached hydrogens (primary N) is 1. The molecule has 0 unspecified atom stereocenters. The number of alkyl halides is 2. The zero-order valence-electron chi connectivity index (χ0n) is 23.8. The van der Waals surface area contributed by atoms with Crippen LogP contribution in [0.5, 0.6) is 11.5 Å². The van der Waals surface area contributed by atoms with E-state index in [2.05, 4.69) is 34.8 Å². The number of amides is 1. The van der Waals surface area contributed by atoms with Gasteiger partial charge < -0.3 is 25.6 Å². The molecule has 1 heterocycles. The second kappa shape index (κ2) is 17.6. The summed E-state index contributed by atoms with van der Waals surface area (Å²) in [5.41, 5.74) is 6.52. The Morgan fingerprint density at radius 3 is 2.21 bits per heavy atom. The van der Waals surface area contributed by atoms with E-state index in [1.165, 1.54) is 11.6 Å². The molecule has 3 aromatic carbocycles. The standard InChI is InChI=1S/C16H11ClF4O2.C7H15NO.C7H8.CH3NO/c1-7-2-3-10(23-16(20)21)15(19)12(7)13-8-4-5-22-11(8)6-9(18)14(13)17;1-8-6-2-4-7(9)5-3-6;1-7-5-3-2-4-6-7;2-1-3/h2-3,6,16H,4-5H2,1H3;6-9H,2-5H2,1H3;2-6H,1H3;1H,(H2,2,3). The second-order valence-corrected chi connectivity index (χ2v) is 10.0. The second-order valence-electron chi connectivity index (χ2n) is 9.66. The lowest BCUT2D eigenvalue weighted by Crippen LogP contribution is -2.31. The zero-order valence-corrected chi connectivity index (χ0v) is 24.6. The van der Waals surface area contributed by atoms with Crippen LogP contribution in [0, 0.1) is 25.5 Å². The van der Waals surface area contributed by atoms with Crippen LogP contribution in [0.15, 0.2) is 48.5 Å². The molecule has 6 nitrogen and oxygen atoms in total. The molecule has 5 rings (SSSR count). The van der Waals surface area contributed by atoms with Crippen molar-refractivity contribution in [3.63, 3.8) is 0 Å². The van der Waals surface area contributed by atoms with Gasteiger partial charge in [0.05, 0.1) is 17.7 Å². The van der Waals surface area contributed by atoms with Crippen molar-refractivity contribution in [3.05, 3.63) is 81.9 Å². The van der Waals surface area contributed by atoms with E-state index in [4.69, 9.17) is 26.2 Å². The van der Waals surface area contributed by atoms with Gasteiger partial charge in [-0.2, -0.15) is 8.78 Å². The van der Waals surface area contributed by atoms with E-state index in [1.807, 2.05) is 25.2 Å². The molecule has 0 radical (unpaired) electrons. The van der Waals surface area contributed by atoms with Crippen molar-refractivity contribution in [1.82, 2.24) is 5.32 Å². The smallest absolute Gasteiger partial charge is 0.387 e. The fraction of sp³-hybridized carbons (Fsp3) is 0.387. The largest absolute Gasteiger partial charge is 0.493 e. The van der Waals surface area contributed by atoms with Gasteiger partial charge in [0.15, 0.2) is 11.6 Å². The Labute approximate surface area is 248 Å². The average Bonchev–Trinajstić information content (AvgIpc) is 3.42. The molecule has 42 heavy (non-hydrogen) atoms. The van der Waals surface area contributed by atoms with Crippen LogP contribution in [0.25, 0.3) is 11.1 Å². The highest BCUT2D eigenvalue weighted by molar-refractivity contribution is 6.33. The van der Waals surface area contributed by atoms with E-state index in [-0.39, 0.29) is 34.4 Å². The summed E-state index contributed by atoms with van der Waals surface area (Å²) in [7, 11) is 1.99. The molecule has 4 N–H and O–H groups in total. The maximum Gasteiger partial charge on any atom is 0.387 e. The predicted octanol–water partition coefficient (Wildman–Crippen LogP) is 6.74. The third kappa shape index (κ3) is 10.2. The van der Waals surface area contributed by atoms with E-state index >= 15 is 0 Å². The number of aliphatic hydroxyl groups excluding tert-OH is 1. The normalized spacial score (nSPS) is 16.8. The number of hydrogen-bond donors (Lipinski definition) is 3. The van der Waals surface area contributed by atoms with Crippen molar-refractivity contribution in [2.24, 2.45) is 5.73 Å². The number of aliphatic hydroxyl groups is 1. The highest BCUT2D eigenvalue weighted by atomic mass is 35.5. The van der Waals surface area contributed by atoms with E-state index < -0.39 is 24.0 Å². The number of carbonyl (C=O) groups is 1. The van der Waals surface area contributed by atoms with Crippen LogP contribution < -0.4 is 20.5 Å². The van der Waals surface area contributed by atoms with Crippen LogP contribution in [0.4, 0.5) is 17.6 Å². The molecular weight excluding hydrogens is 576 g/mol. The fourth-order valence-electron chi connectivity index (χ4n) is 4.59. The summed E-state index contributed by atoms with van der Waals surface area (Å²) in [6.07, 6.45) is 4.88. The molecule has 230 valence electrons. The molecule has 2 aliphatic rings. The summed E-state index contributed by atoms with van der Waals surface area (Å²) < 4.78 is 63.0. The molecule has 0 saturated heterocycles. The van der Waals surface area contributed by atoms with Gasteiger partial charge in [0.1, 0.15) is 11.6 Å². The van der Waals surface area contributed by atoms with E-state index in [0.717, 1.165) is 37.8 Å². The van der Waals surface area contributed by atoms with Crippen molar-refractivity contribution in [2.45, 2.75) is 64.7 Å². The molecule has 1 aliphatic carbocycles. The Morgan fingerprint density at radius 2 is 1.69 bits per heavy atom. The first-order valence-electron chi connectivity index (χ1n) is 13.4. The van der Waals surface area contributed by atoms with Crippen molar-refractivity contribution < 1.29 is 36.9 Å². The number of aryl methyl sites for hydroxylation is 2. The van der Waals surface area contributed by atoms with Gasteiger partial charge in [0.2, 0.25) is 6.41 Å². The first-order chi connectivity index (χ1) is 20.0. The number of benzene rings is 3. The minimum absolute atomic E-state index is 0.0189. The quantitative estimate of drug-likeness (QED) is 0.224. The Hall–Kier alpha value is -3.34. The minimum atomic E-state index is -3.17. The van der Waals surface area contributed by atoms with Crippen molar-refractivity contribution in [3.8, 4) is 22.6 Å². The monoisotopic (exact) mass is 612 g/mol. The van der Waals surface area contributed by atoms with Crippen LogP contribution in [-0.4, -0.2) is 43.9 Å². The molecule has 1 aliphatic heterocycles. The van der Waals surface area contributed by atoms with E-state index in [0.29, 0.717) is 30.2 Å². The molecule has 0 atom stereocenters. The number of rotatable bonds is 4. The Balaban J connectivity index is 0.000000264. The maximum atomic E-state index is 14.7. The first-order valence-corrected chi connectivity index (χ1v) is 13.8. The SMILES string of the molecule is CNC1CCC(O)CC1.Cc1ccc(OC(F)F)c(F)c1-c1c(Cl)c(F)cc2c1CCO2.Cc1ccccc1.NC=O. The van der Waals surface area contributed by atoms with Crippen LogP contribution in [0.3, 0.4) is 0 Å². The zero-order chi connectivity index (χ0) is 31.2. The molecule has 1 amide bonds. The number of hydrogen-bond acceptors (Lipinski definition) is 5. The molecule has 0 aromatic heterocycles. The van der Waals surface area contributed by atoms with Gasteiger partial charge in [-0.15, -0.1) is 0 Å². The number of primary amides is 1. The topological polar surface area (TPSA) is 93.8 Å². The minimum Gasteiger partial charge on any atom is -0.493 e. The maximum absolute atomic E-state index is 14.7. The average molecular weight is 613 g/mol. The number of fused-ring (bicyclic) bond motifs is 1. The van der Waals surface area contributed by atoms with E-state index in [9.17, 15) is 17.6 Å². The van der Waals surface area contributed by atoms with Crippen LogP contribution in [0.1, 0.15) is 42.4 Å². The molecule has 0 bridgehead atoms. The lowest BCUT2D eigenvalue weighted by atomic mass is 9.93. The first kappa shape index (κ1) is 34.9. The van der Waals surface area contributed by atoms with Crippen molar-refractivity contribution >= 4 is 18.0 Å². The van der Waals surface area contributed by atoms with Gasteiger partial charge in [-0.25, -0.2) is 8.78 Å². The van der Waals surface area contributed by atoms with Crippen LogP contribution >= 0.6 is 11.6 Å². The van der Waals surface area contributed by atoms with Gasteiger partial charge in [-0.1, -0.05) is 53.6 Å². The van der Waals surface area contributed by atoms with Gasteiger partial charge in [0, 0.05) is 35.2 Å². The summed E-state index contributed by atoms with van der Waals surface area (Å²) in [4.78, 5) is 8.58. The molecule has 1 fully saturated rings. The van der Waals surface area contributed by atoms with E-state index in [1.54, 1.807) is 6.92 Å². The summed E-state index contributed by atoms with van der Waals surface area (Å²) in [5.74, 6) is -2.11. The summed E-state index contributed by atoms with van der Waals surface area (Å²) >= 11 is 6.03. The van der Waals surface area contributed by atoms with Gasteiger partial charge in [-0.3, -0.25) is 4.79 Å².